The Morgan fingerprint density at radius 1 is 1.32 bits per heavy atom. The van der Waals surface area contributed by atoms with Crippen LogP contribution in [0.4, 0.5) is 4.79 Å². The molecule has 0 bridgehead atoms. The van der Waals surface area contributed by atoms with Crippen molar-refractivity contribution in [3.05, 3.63) is 35.4 Å². The number of hydrogen-bond donors (Lipinski definition) is 2. The Morgan fingerprint density at radius 3 is 2.64 bits per heavy atom. The maximum absolute atomic E-state index is 12.4. The third-order valence-corrected chi connectivity index (χ3v) is 5.17. The molecule has 0 radical (unpaired) electrons. The number of aryl methyl sites for hydroxylation is 1. The SMILES string of the molecule is Cc1ccc(CN2C(SCC(N)=O)=NC3C2C(=O)NC(=O)N3C)cc1. The van der Waals surface area contributed by atoms with Gasteiger partial charge in [0.2, 0.25) is 5.91 Å². The van der Waals surface area contributed by atoms with Gasteiger partial charge in [0.15, 0.2) is 17.4 Å². The third-order valence-electron chi connectivity index (χ3n) is 4.14. The first kappa shape index (κ1) is 17.3. The molecule has 1 aromatic rings. The number of benzene rings is 1. The molecule has 2 atom stereocenters. The van der Waals surface area contributed by atoms with E-state index < -0.39 is 30.1 Å². The van der Waals surface area contributed by atoms with Crippen LogP contribution in [0.5, 0.6) is 0 Å². The van der Waals surface area contributed by atoms with Gasteiger partial charge in [-0.2, -0.15) is 0 Å². The van der Waals surface area contributed by atoms with Crippen molar-refractivity contribution in [2.45, 2.75) is 25.7 Å². The van der Waals surface area contributed by atoms with E-state index in [1.54, 1.807) is 7.05 Å². The molecule has 2 unspecified atom stereocenters. The van der Waals surface area contributed by atoms with Gasteiger partial charge in [0.05, 0.1) is 5.75 Å². The summed E-state index contributed by atoms with van der Waals surface area (Å²) in [5.41, 5.74) is 7.38. The van der Waals surface area contributed by atoms with Crippen LogP contribution < -0.4 is 11.1 Å². The molecule has 2 aliphatic rings. The van der Waals surface area contributed by atoms with Gasteiger partial charge in [0, 0.05) is 13.6 Å². The van der Waals surface area contributed by atoms with E-state index in [2.05, 4.69) is 10.3 Å². The maximum atomic E-state index is 12.4. The molecule has 4 amide bonds. The molecule has 25 heavy (non-hydrogen) atoms. The van der Waals surface area contributed by atoms with E-state index in [0.29, 0.717) is 11.7 Å². The van der Waals surface area contributed by atoms with Gasteiger partial charge in [-0.25, -0.2) is 9.79 Å². The second kappa shape index (κ2) is 6.75. The molecule has 0 spiro atoms. The summed E-state index contributed by atoms with van der Waals surface area (Å²) in [6.45, 7) is 2.45. The van der Waals surface area contributed by atoms with Gasteiger partial charge in [0.25, 0.3) is 5.91 Å². The first-order valence-electron chi connectivity index (χ1n) is 7.75. The number of primary amides is 1. The van der Waals surface area contributed by atoms with Crippen molar-refractivity contribution in [2.24, 2.45) is 10.7 Å². The highest BCUT2D eigenvalue weighted by Gasteiger charge is 2.48. The molecule has 1 saturated heterocycles. The average molecular weight is 361 g/mol. The number of carbonyl (C=O) groups is 3. The Labute approximate surface area is 149 Å². The first-order chi connectivity index (χ1) is 11.9. The number of urea groups is 1. The molecule has 132 valence electrons. The summed E-state index contributed by atoms with van der Waals surface area (Å²) >= 11 is 1.18. The second-order valence-electron chi connectivity index (χ2n) is 6.04. The predicted octanol–water partition coefficient (Wildman–Crippen LogP) is 0.261. The zero-order valence-corrected chi connectivity index (χ0v) is 14.7. The number of nitrogens with zero attached hydrogens (tertiary/aromatic N) is 3. The summed E-state index contributed by atoms with van der Waals surface area (Å²) in [4.78, 5) is 43.1. The van der Waals surface area contributed by atoms with Crippen LogP contribution in [0.2, 0.25) is 0 Å². The number of amidine groups is 1. The number of carbonyl (C=O) groups excluding carboxylic acids is 3. The Bertz CT molecular complexity index is 749. The van der Waals surface area contributed by atoms with E-state index in [4.69, 9.17) is 5.73 Å². The number of thioether (sulfide) groups is 1. The van der Waals surface area contributed by atoms with Crippen LogP contribution in [0.1, 0.15) is 11.1 Å². The van der Waals surface area contributed by atoms with E-state index in [1.165, 1.54) is 16.7 Å². The van der Waals surface area contributed by atoms with Crippen molar-refractivity contribution in [3.8, 4) is 0 Å². The zero-order valence-electron chi connectivity index (χ0n) is 13.9. The van der Waals surface area contributed by atoms with Crippen molar-refractivity contribution in [3.63, 3.8) is 0 Å². The lowest BCUT2D eigenvalue weighted by Crippen LogP contribution is -2.63. The lowest BCUT2D eigenvalue weighted by atomic mass is 10.1. The molecule has 0 saturated carbocycles. The van der Waals surface area contributed by atoms with E-state index in [-0.39, 0.29) is 5.75 Å². The fourth-order valence-electron chi connectivity index (χ4n) is 2.81. The number of rotatable bonds is 4. The molecular formula is C16H19N5O3S. The van der Waals surface area contributed by atoms with E-state index in [1.807, 2.05) is 36.1 Å². The van der Waals surface area contributed by atoms with Crippen LogP contribution in [0.25, 0.3) is 0 Å². The van der Waals surface area contributed by atoms with Crippen LogP contribution in [-0.4, -0.2) is 57.8 Å². The highest BCUT2D eigenvalue weighted by atomic mass is 32.2. The van der Waals surface area contributed by atoms with Crippen molar-refractivity contribution >= 4 is 34.8 Å². The molecule has 8 nitrogen and oxygen atoms in total. The molecule has 3 rings (SSSR count). The predicted molar refractivity (Wildman–Crippen MR) is 94.7 cm³/mol. The Kier molecular flexibility index (Phi) is 4.67. The molecule has 1 aromatic carbocycles. The van der Waals surface area contributed by atoms with Gasteiger partial charge in [-0.05, 0) is 12.5 Å². The summed E-state index contributed by atoms with van der Waals surface area (Å²) in [6, 6.07) is 6.84. The lowest BCUT2D eigenvalue weighted by molar-refractivity contribution is -0.127. The number of amides is 4. The van der Waals surface area contributed by atoms with Crippen LogP contribution in [0.15, 0.2) is 29.3 Å². The Balaban J connectivity index is 1.89. The normalized spacial score (nSPS) is 22.6. The van der Waals surface area contributed by atoms with Gasteiger partial charge in [0.1, 0.15) is 0 Å². The Morgan fingerprint density at radius 2 is 2.00 bits per heavy atom. The molecule has 0 aliphatic carbocycles. The number of likely N-dealkylation sites (N-methyl/N-ethyl adjacent to an activating group) is 1. The number of hydrogen-bond acceptors (Lipinski definition) is 6. The molecule has 2 aliphatic heterocycles. The highest BCUT2D eigenvalue weighted by Crippen LogP contribution is 2.29. The summed E-state index contributed by atoms with van der Waals surface area (Å²) in [7, 11) is 1.59. The van der Waals surface area contributed by atoms with Gasteiger partial charge in [-0.1, -0.05) is 41.6 Å². The fourth-order valence-corrected chi connectivity index (χ4v) is 3.61. The standard InChI is InChI=1S/C16H19N5O3S/c1-9-3-5-10(6-4-9)7-21-12-13(18-16(21)25-8-11(17)22)20(2)15(24)19-14(12)23/h3-6,12-13H,7-8H2,1-2H3,(H2,17,22)(H,19,23,24). The van der Waals surface area contributed by atoms with E-state index in [9.17, 15) is 14.4 Å². The highest BCUT2D eigenvalue weighted by molar-refractivity contribution is 8.14. The summed E-state index contributed by atoms with van der Waals surface area (Å²) in [6.07, 6.45) is -0.609. The number of aliphatic imine (C=N–C) groups is 1. The maximum Gasteiger partial charge on any atom is 0.325 e. The van der Waals surface area contributed by atoms with E-state index in [0.717, 1.165) is 11.1 Å². The third kappa shape index (κ3) is 3.46. The van der Waals surface area contributed by atoms with Crippen molar-refractivity contribution in [2.75, 3.05) is 12.8 Å². The van der Waals surface area contributed by atoms with Gasteiger partial charge in [-0.3, -0.25) is 14.9 Å². The largest absolute Gasteiger partial charge is 0.369 e. The molecule has 1 fully saturated rings. The minimum absolute atomic E-state index is 0.0575. The van der Waals surface area contributed by atoms with Gasteiger partial charge in [-0.15, -0.1) is 0 Å². The van der Waals surface area contributed by atoms with Gasteiger partial charge < -0.3 is 15.5 Å². The van der Waals surface area contributed by atoms with Crippen LogP contribution in [-0.2, 0) is 16.1 Å². The average Bonchev–Trinajstić information content (AvgIpc) is 2.92. The quantitative estimate of drug-likeness (QED) is 0.800. The minimum Gasteiger partial charge on any atom is -0.369 e. The second-order valence-corrected chi connectivity index (χ2v) is 6.99. The van der Waals surface area contributed by atoms with Crippen molar-refractivity contribution in [1.82, 2.24) is 15.1 Å². The summed E-state index contributed by atoms with van der Waals surface area (Å²) < 4.78 is 0. The number of nitrogens with two attached hydrogens (primary N) is 1. The minimum atomic E-state index is -0.626. The fraction of sp³-hybridized carbons (Fsp3) is 0.375. The molecular weight excluding hydrogens is 342 g/mol. The molecule has 9 heteroatoms. The van der Waals surface area contributed by atoms with E-state index >= 15 is 0 Å². The topological polar surface area (TPSA) is 108 Å². The number of imide groups is 1. The summed E-state index contributed by atoms with van der Waals surface area (Å²) in [5.74, 6) is -0.799. The van der Waals surface area contributed by atoms with Crippen LogP contribution in [0, 0.1) is 6.92 Å². The van der Waals surface area contributed by atoms with Crippen LogP contribution in [0.3, 0.4) is 0 Å². The molecule has 0 aromatic heterocycles. The first-order valence-corrected chi connectivity index (χ1v) is 8.74. The Hall–Kier alpha value is -2.55. The van der Waals surface area contributed by atoms with Crippen LogP contribution >= 0.6 is 11.8 Å². The lowest BCUT2D eigenvalue weighted by Gasteiger charge is -2.36. The molecule has 2 heterocycles. The zero-order chi connectivity index (χ0) is 18.1. The molecule has 3 N–H and O–H groups in total. The monoisotopic (exact) mass is 361 g/mol. The number of fused-ring (bicyclic) bond motifs is 1. The van der Waals surface area contributed by atoms with Crippen molar-refractivity contribution < 1.29 is 14.4 Å². The summed E-state index contributed by atoms with van der Waals surface area (Å²) in [5, 5.41) is 2.88. The smallest absolute Gasteiger partial charge is 0.325 e. The van der Waals surface area contributed by atoms with Gasteiger partial charge >= 0.3 is 6.03 Å². The van der Waals surface area contributed by atoms with Crippen molar-refractivity contribution in [1.29, 1.82) is 0 Å². The number of nitrogens with one attached hydrogen (secondary N) is 1.